The van der Waals surface area contributed by atoms with Gasteiger partial charge in [-0.2, -0.15) is 13.2 Å². The normalized spacial score (nSPS) is 29.3. The van der Waals surface area contributed by atoms with E-state index in [1.807, 2.05) is 11.9 Å². The zero-order valence-electron chi connectivity index (χ0n) is 10.3. The van der Waals surface area contributed by atoms with Crippen LogP contribution in [-0.4, -0.2) is 43.8 Å². The number of piperidine rings is 1. The second-order valence-corrected chi connectivity index (χ2v) is 5.37. The van der Waals surface area contributed by atoms with Gasteiger partial charge in [0.15, 0.2) is 0 Å². The molecule has 5 heteroatoms. The van der Waals surface area contributed by atoms with Crippen molar-refractivity contribution in [3.05, 3.63) is 0 Å². The standard InChI is InChI=1S/C12H21F3N2/c1-16-11(9-4-5-9)8-17-6-2-3-10(7-17)12(13,14)15/h9-11,16H,2-8H2,1H3. The Labute approximate surface area is 101 Å². The molecule has 2 nitrogen and oxygen atoms in total. The lowest BCUT2D eigenvalue weighted by Gasteiger charge is -2.35. The number of nitrogens with zero attached hydrogens (tertiary/aromatic N) is 1. The third-order valence-corrected chi connectivity index (χ3v) is 3.99. The molecule has 2 fully saturated rings. The van der Waals surface area contributed by atoms with Crippen LogP contribution in [-0.2, 0) is 0 Å². The zero-order valence-corrected chi connectivity index (χ0v) is 10.3. The van der Waals surface area contributed by atoms with Crippen LogP contribution < -0.4 is 5.32 Å². The molecule has 17 heavy (non-hydrogen) atoms. The van der Waals surface area contributed by atoms with Gasteiger partial charge in [0.2, 0.25) is 0 Å². The van der Waals surface area contributed by atoms with Crippen LogP contribution in [0.5, 0.6) is 0 Å². The van der Waals surface area contributed by atoms with Crippen LogP contribution in [0.2, 0.25) is 0 Å². The maximum atomic E-state index is 12.7. The fraction of sp³-hybridized carbons (Fsp3) is 1.00. The second-order valence-electron chi connectivity index (χ2n) is 5.37. The van der Waals surface area contributed by atoms with Gasteiger partial charge in [-0.25, -0.2) is 0 Å². The molecule has 2 rings (SSSR count). The second kappa shape index (κ2) is 5.14. The first kappa shape index (κ1) is 13.1. The number of likely N-dealkylation sites (N-methyl/N-ethyl adjacent to an activating group) is 1. The smallest absolute Gasteiger partial charge is 0.315 e. The molecular weight excluding hydrogens is 229 g/mol. The Morgan fingerprint density at radius 1 is 1.29 bits per heavy atom. The summed E-state index contributed by atoms with van der Waals surface area (Å²) in [5, 5.41) is 3.24. The van der Waals surface area contributed by atoms with E-state index in [1.54, 1.807) is 0 Å². The highest BCUT2D eigenvalue weighted by Crippen LogP contribution is 2.35. The van der Waals surface area contributed by atoms with Crippen molar-refractivity contribution in [3.63, 3.8) is 0 Å². The van der Waals surface area contributed by atoms with Crippen LogP contribution in [0.3, 0.4) is 0 Å². The first-order valence-electron chi connectivity index (χ1n) is 6.47. The summed E-state index contributed by atoms with van der Waals surface area (Å²) < 4.78 is 38.0. The summed E-state index contributed by atoms with van der Waals surface area (Å²) in [6.45, 7) is 1.78. The highest BCUT2D eigenvalue weighted by Gasteiger charge is 2.42. The topological polar surface area (TPSA) is 15.3 Å². The van der Waals surface area contributed by atoms with Crippen LogP contribution in [0.15, 0.2) is 0 Å². The summed E-state index contributed by atoms with van der Waals surface area (Å²) in [5.74, 6) is -0.431. The average molecular weight is 250 g/mol. The van der Waals surface area contributed by atoms with E-state index in [-0.39, 0.29) is 6.54 Å². The molecule has 2 aliphatic rings. The first-order valence-corrected chi connectivity index (χ1v) is 6.47. The molecule has 0 spiro atoms. The van der Waals surface area contributed by atoms with Crippen molar-refractivity contribution in [2.45, 2.75) is 37.9 Å². The number of hydrogen-bond acceptors (Lipinski definition) is 2. The number of nitrogens with one attached hydrogen (secondary N) is 1. The van der Waals surface area contributed by atoms with Gasteiger partial charge in [-0.15, -0.1) is 0 Å². The van der Waals surface area contributed by atoms with Gasteiger partial charge < -0.3 is 10.2 Å². The summed E-state index contributed by atoms with van der Waals surface area (Å²) in [6, 6.07) is 0.377. The number of likely N-dealkylation sites (tertiary alicyclic amines) is 1. The van der Waals surface area contributed by atoms with Gasteiger partial charge in [0, 0.05) is 19.1 Å². The molecule has 1 saturated heterocycles. The number of halogens is 3. The fourth-order valence-corrected chi connectivity index (χ4v) is 2.74. The molecule has 0 bridgehead atoms. The Hall–Kier alpha value is -0.290. The quantitative estimate of drug-likeness (QED) is 0.823. The molecule has 0 aromatic rings. The highest BCUT2D eigenvalue weighted by atomic mass is 19.4. The molecule has 2 unspecified atom stereocenters. The van der Waals surface area contributed by atoms with Crippen molar-refractivity contribution in [3.8, 4) is 0 Å². The predicted octanol–water partition coefficient (Wildman–Crippen LogP) is 2.26. The van der Waals surface area contributed by atoms with Gasteiger partial charge in [-0.05, 0) is 45.2 Å². The van der Waals surface area contributed by atoms with E-state index in [0.29, 0.717) is 24.8 Å². The molecular formula is C12H21F3N2. The molecule has 2 atom stereocenters. The van der Waals surface area contributed by atoms with Crippen molar-refractivity contribution in [2.75, 3.05) is 26.7 Å². The van der Waals surface area contributed by atoms with Gasteiger partial charge in [0.05, 0.1) is 5.92 Å². The Bertz CT molecular complexity index is 249. The highest BCUT2D eigenvalue weighted by molar-refractivity contribution is 4.89. The summed E-state index contributed by atoms with van der Waals surface area (Å²) in [7, 11) is 1.91. The average Bonchev–Trinajstić information content (AvgIpc) is 3.09. The SMILES string of the molecule is CNC(CN1CCCC(C(F)(F)F)C1)C1CC1. The molecule has 1 N–H and O–H groups in total. The van der Waals surface area contributed by atoms with E-state index in [4.69, 9.17) is 0 Å². The number of alkyl halides is 3. The van der Waals surface area contributed by atoms with E-state index in [1.165, 1.54) is 12.8 Å². The minimum Gasteiger partial charge on any atom is -0.315 e. The first-order chi connectivity index (χ1) is 8.00. The molecule has 1 aliphatic carbocycles. The van der Waals surface area contributed by atoms with Crippen LogP contribution in [0.1, 0.15) is 25.7 Å². The summed E-state index contributed by atoms with van der Waals surface area (Å²) in [4.78, 5) is 1.99. The number of rotatable bonds is 4. The minimum atomic E-state index is -4.02. The molecule has 1 saturated carbocycles. The van der Waals surface area contributed by atoms with Crippen molar-refractivity contribution in [2.24, 2.45) is 11.8 Å². The van der Waals surface area contributed by atoms with E-state index in [9.17, 15) is 13.2 Å². The summed E-state index contributed by atoms with van der Waals surface area (Å²) in [6.07, 6.45) is -0.601. The van der Waals surface area contributed by atoms with Crippen LogP contribution >= 0.6 is 0 Å². The Morgan fingerprint density at radius 2 is 2.00 bits per heavy atom. The Morgan fingerprint density at radius 3 is 2.53 bits per heavy atom. The van der Waals surface area contributed by atoms with Gasteiger partial charge >= 0.3 is 6.18 Å². The van der Waals surface area contributed by atoms with E-state index in [0.717, 1.165) is 13.1 Å². The molecule has 0 radical (unpaired) electrons. The van der Waals surface area contributed by atoms with Crippen molar-refractivity contribution >= 4 is 0 Å². The third kappa shape index (κ3) is 3.58. The van der Waals surface area contributed by atoms with E-state index in [2.05, 4.69) is 5.32 Å². The largest absolute Gasteiger partial charge is 0.393 e. The lowest BCUT2D eigenvalue weighted by atomic mass is 9.97. The van der Waals surface area contributed by atoms with Crippen molar-refractivity contribution in [1.29, 1.82) is 0 Å². The maximum absolute atomic E-state index is 12.7. The van der Waals surface area contributed by atoms with Crippen molar-refractivity contribution < 1.29 is 13.2 Å². The van der Waals surface area contributed by atoms with Gasteiger partial charge in [-0.1, -0.05) is 0 Å². The maximum Gasteiger partial charge on any atom is 0.393 e. The predicted molar refractivity (Wildman–Crippen MR) is 60.8 cm³/mol. The van der Waals surface area contributed by atoms with Crippen molar-refractivity contribution in [1.82, 2.24) is 10.2 Å². The molecule has 1 heterocycles. The fourth-order valence-electron chi connectivity index (χ4n) is 2.74. The van der Waals surface area contributed by atoms with Gasteiger partial charge in [0.1, 0.15) is 0 Å². The van der Waals surface area contributed by atoms with E-state index < -0.39 is 12.1 Å². The van der Waals surface area contributed by atoms with Crippen LogP contribution in [0.25, 0.3) is 0 Å². The van der Waals surface area contributed by atoms with Crippen LogP contribution in [0.4, 0.5) is 13.2 Å². The lowest BCUT2D eigenvalue weighted by molar-refractivity contribution is -0.186. The molecule has 1 aliphatic heterocycles. The molecule has 0 aromatic heterocycles. The minimum absolute atomic E-state index is 0.189. The Balaban J connectivity index is 1.84. The summed E-state index contributed by atoms with van der Waals surface area (Å²) >= 11 is 0. The molecule has 100 valence electrons. The van der Waals surface area contributed by atoms with Gasteiger partial charge in [-0.3, -0.25) is 0 Å². The molecule has 0 amide bonds. The lowest BCUT2D eigenvalue weighted by Crippen LogP contribution is -2.47. The van der Waals surface area contributed by atoms with Gasteiger partial charge in [0.25, 0.3) is 0 Å². The van der Waals surface area contributed by atoms with Crippen LogP contribution in [0, 0.1) is 11.8 Å². The molecule has 0 aromatic carbocycles. The van der Waals surface area contributed by atoms with E-state index >= 15 is 0 Å². The third-order valence-electron chi connectivity index (χ3n) is 3.99. The Kier molecular flexibility index (Phi) is 3.98. The number of hydrogen-bond donors (Lipinski definition) is 1. The zero-order chi connectivity index (χ0) is 12.5. The monoisotopic (exact) mass is 250 g/mol. The summed E-state index contributed by atoms with van der Waals surface area (Å²) in [5.41, 5.74) is 0.